The molecule has 12 aromatic rings. The van der Waals surface area contributed by atoms with Crippen LogP contribution < -0.4 is 31.9 Å². The number of aromatic nitrogens is 16. The largest absolute Gasteiger partial charge is 0.354 e. The molecule has 0 spiro atoms. The first-order valence-corrected chi connectivity index (χ1v) is 39.2. The number of anilines is 6. The monoisotopic (exact) mass is 1460 g/mol. The third-order valence-electron chi connectivity index (χ3n) is 16.3. The molecule has 0 saturated carbocycles. The Hall–Kier alpha value is -11.2. The van der Waals surface area contributed by atoms with Crippen LogP contribution in [0, 0.1) is 0 Å². The summed E-state index contributed by atoms with van der Waals surface area (Å²) >= 11 is 1.76. The van der Waals surface area contributed by atoms with E-state index in [-0.39, 0.29) is 0 Å². The van der Waals surface area contributed by atoms with Crippen molar-refractivity contribution in [2.24, 2.45) is 0 Å². The van der Waals surface area contributed by atoms with Crippen molar-refractivity contribution in [3.05, 3.63) is 213 Å². The van der Waals surface area contributed by atoms with E-state index >= 15 is 0 Å². The number of benzene rings is 1. The Morgan fingerprint density at radius 1 is 0.262 bits per heavy atom. The molecule has 0 saturated heterocycles. The molecule has 560 valence electrons. The number of hydrogen-bond donors (Lipinski definition) is 6. The van der Waals surface area contributed by atoms with Crippen molar-refractivity contribution in [2.75, 3.05) is 71.2 Å². The van der Waals surface area contributed by atoms with Crippen LogP contribution in [0.3, 0.4) is 0 Å². The molecule has 0 radical (unpaired) electrons. The summed E-state index contributed by atoms with van der Waals surface area (Å²) in [5.41, 5.74) is 26.7. The van der Waals surface area contributed by atoms with E-state index in [0.717, 1.165) is 157 Å². The second-order valence-corrected chi connectivity index (χ2v) is 23.6. The highest BCUT2D eigenvalue weighted by molar-refractivity contribution is 7.13. The topological polar surface area (TPSA) is 278 Å². The Bertz CT molecular complexity index is 4140. The maximum absolute atomic E-state index is 4.56. The van der Waals surface area contributed by atoms with Gasteiger partial charge in [-0.1, -0.05) is 113 Å². The number of nitrogens with one attached hydrogen (secondary N) is 6. The molecule has 0 atom stereocenters. The van der Waals surface area contributed by atoms with Crippen molar-refractivity contribution >= 4 is 47.0 Å². The molecule has 0 bridgehead atoms. The Morgan fingerprint density at radius 2 is 0.617 bits per heavy atom. The van der Waals surface area contributed by atoms with Crippen molar-refractivity contribution < 1.29 is 0 Å². The molecule has 1 aromatic carbocycles. The number of thiophene rings is 1. The zero-order chi connectivity index (χ0) is 77.0. The number of pyridine rings is 4. The van der Waals surface area contributed by atoms with Crippen molar-refractivity contribution in [1.82, 2.24) is 79.7 Å². The van der Waals surface area contributed by atoms with Crippen molar-refractivity contribution in [1.29, 1.82) is 0 Å². The fraction of sp³-hybridized carbons (Fsp3) is 0.357. The van der Waals surface area contributed by atoms with Gasteiger partial charge in [0.2, 0.25) is 35.7 Å². The van der Waals surface area contributed by atoms with E-state index in [1.807, 2.05) is 223 Å². The summed E-state index contributed by atoms with van der Waals surface area (Å²) in [6.45, 7) is 41.3. The molecule has 0 amide bonds. The number of rotatable bonds is 12. The van der Waals surface area contributed by atoms with Crippen LogP contribution in [0.1, 0.15) is 192 Å². The van der Waals surface area contributed by atoms with Crippen LogP contribution in [0.4, 0.5) is 35.7 Å². The third-order valence-corrected chi connectivity index (χ3v) is 17.2. The van der Waals surface area contributed by atoms with Gasteiger partial charge in [0.05, 0.1) is 50.4 Å². The van der Waals surface area contributed by atoms with E-state index in [4.69, 9.17) is 0 Å². The smallest absolute Gasteiger partial charge is 0.223 e. The van der Waals surface area contributed by atoms with E-state index in [1.165, 1.54) is 66.1 Å². The molecule has 22 nitrogen and oxygen atoms in total. The lowest BCUT2D eigenvalue weighted by atomic mass is 10.1. The molecule has 6 aliphatic carbocycles. The minimum Gasteiger partial charge on any atom is -0.354 e. The first-order valence-electron chi connectivity index (χ1n) is 38.3. The molecule has 0 aliphatic heterocycles. The van der Waals surface area contributed by atoms with E-state index in [2.05, 4.69) is 159 Å². The highest BCUT2D eigenvalue weighted by Crippen LogP contribution is 2.41. The molecule has 18 rings (SSSR count). The van der Waals surface area contributed by atoms with Gasteiger partial charge >= 0.3 is 0 Å². The zero-order valence-corrected chi connectivity index (χ0v) is 66.7. The standard InChI is InChI=1S/C13H13N3.4C12H12N4.C11H11N3S.6C2H6/c1-2-14-13-15-8-10-7-9-5-3-4-6-11(9)12(10)16-13;1-2-14-12-15-7-9-5-8-6-13-4-3-10(8)11(9)16-12;1-2-14-12-15-6-9-5-8-3-4-13-7-10(8)11(9)16-12;1-2-13-12-15-7-8-6-10-9(11(8)16-12)4-3-5-14-10;1-2-13-12-15-7-9-6-8-4-3-5-14-10(8)11(9)16-12;1-2-12-11-13-6-8-5-7-3-4-15-10(7)9(8)14-11;6*1-2/h3-6,8H,2,7H2,1H3,(H,14,15,16);2*3-4,6-7H,2,5H2,1H3,(H,14,15,16);2*3-5,7H,2,6H2,1H3,(H,13,15,16);3-4,6H,2,5H2,1H3,(H,12,13,14);6*1-2H3. The zero-order valence-electron chi connectivity index (χ0n) is 65.9. The maximum atomic E-state index is 4.56. The van der Waals surface area contributed by atoms with E-state index in [0.29, 0.717) is 23.8 Å². The molecule has 0 unspecified atom stereocenters. The fourth-order valence-corrected chi connectivity index (χ4v) is 12.9. The van der Waals surface area contributed by atoms with Gasteiger partial charge in [-0.15, -0.1) is 11.3 Å². The highest BCUT2D eigenvalue weighted by Gasteiger charge is 2.26. The summed E-state index contributed by atoms with van der Waals surface area (Å²) in [5.74, 6) is 4.22. The predicted octanol–water partition coefficient (Wildman–Crippen LogP) is 18.7. The molecule has 11 heterocycles. The quantitative estimate of drug-likeness (QED) is 0.0663. The van der Waals surface area contributed by atoms with Crippen LogP contribution in [0.15, 0.2) is 146 Å². The van der Waals surface area contributed by atoms with Crippen LogP contribution >= 0.6 is 11.3 Å². The summed E-state index contributed by atoms with van der Waals surface area (Å²) in [6.07, 6.45) is 28.0. The summed E-state index contributed by atoms with van der Waals surface area (Å²) in [7, 11) is 0. The van der Waals surface area contributed by atoms with Crippen LogP contribution in [-0.2, 0) is 38.5 Å². The average Bonchev–Trinajstić information content (AvgIpc) is 1.67. The van der Waals surface area contributed by atoms with Crippen LogP contribution in [-0.4, -0.2) is 119 Å². The Balaban J connectivity index is 0.000000174. The predicted molar refractivity (Wildman–Crippen MR) is 444 cm³/mol. The van der Waals surface area contributed by atoms with E-state index in [9.17, 15) is 0 Å². The first kappa shape index (κ1) is 83.1. The van der Waals surface area contributed by atoms with Crippen molar-refractivity contribution in [2.45, 2.75) is 163 Å². The van der Waals surface area contributed by atoms with Crippen molar-refractivity contribution in [3.63, 3.8) is 0 Å². The van der Waals surface area contributed by atoms with Crippen LogP contribution in [0.2, 0.25) is 0 Å². The second kappa shape index (κ2) is 43.9. The van der Waals surface area contributed by atoms with E-state index < -0.39 is 0 Å². The Labute approximate surface area is 637 Å². The summed E-state index contributed by atoms with van der Waals surface area (Å²) in [6, 6.07) is 22.7. The number of fused-ring (bicyclic) bond motifs is 18. The molecule has 107 heavy (non-hydrogen) atoms. The first-order chi connectivity index (χ1) is 52.8. The molecule has 6 N–H and O–H groups in total. The van der Waals surface area contributed by atoms with Crippen molar-refractivity contribution in [3.8, 4) is 67.0 Å². The Kier molecular flexibility index (Phi) is 34.1. The van der Waals surface area contributed by atoms with Crippen LogP contribution in [0.5, 0.6) is 0 Å². The van der Waals surface area contributed by atoms with Gasteiger partial charge in [0, 0.05) is 208 Å². The van der Waals surface area contributed by atoms with Gasteiger partial charge in [-0.2, -0.15) is 0 Å². The van der Waals surface area contributed by atoms with Gasteiger partial charge in [-0.25, -0.2) is 59.8 Å². The summed E-state index contributed by atoms with van der Waals surface area (Å²) in [4.78, 5) is 71.2. The van der Waals surface area contributed by atoms with Gasteiger partial charge in [0.1, 0.15) is 0 Å². The Morgan fingerprint density at radius 3 is 1.14 bits per heavy atom. The second-order valence-electron chi connectivity index (χ2n) is 22.7. The van der Waals surface area contributed by atoms with Gasteiger partial charge in [0.25, 0.3) is 0 Å². The fourth-order valence-electron chi connectivity index (χ4n) is 12.0. The third kappa shape index (κ3) is 20.9. The normalized spacial score (nSPS) is 11.1. The molecule has 23 heteroatoms. The number of nitrogens with zero attached hydrogens (tertiary/aromatic N) is 16. The molecule has 11 aromatic heterocycles. The van der Waals surface area contributed by atoms with Crippen LogP contribution in [0.25, 0.3) is 67.0 Å². The number of hydrogen-bond acceptors (Lipinski definition) is 23. The van der Waals surface area contributed by atoms with Gasteiger partial charge < -0.3 is 31.9 Å². The minimum atomic E-state index is 0.680. The van der Waals surface area contributed by atoms with E-state index in [1.54, 1.807) is 11.3 Å². The SMILES string of the molecule is CC.CC.CC.CC.CC.CC.CCNc1ncc2c(n1)-c1ccccc1C2.CCNc1ncc2c(n1)-c1cccnc1C2.CCNc1ncc2c(n1)-c1ccncc1C2.CCNc1ncc2c(n1)-c1cnccc1C2.CCNc1ncc2c(n1)-c1ncccc1C2.CCNc1ncc2c(n1)-c1sccc1C2. The molecular formula is C84H108N22S. The summed E-state index contributed by atoms with van der Waals surface area (Å²) < 4.78 is 0. The average molecular weight is 1460 g/mol. The highest BCUT2D eigenvalue weighted by atomic mass is 32.1. The lowest BCUT2D eigenvalue weighted by Crippen LogP contribution is -2.03. The molecular weight excluding hydrogens is 1350 g/mol. The van der Waals surface area contributed by atoms with Gasteiger partial charge in [0.15, 0.2) is 0 Å². The molecule has 0 fully saturated rings. The minimum absolute atomic E-state index is 0.680. The van der Waals surface area contributed by atoms with Gasteiger partial charge in [-0.3, -0.25) is 19.9 Å². The lowest BCUT2D eigenvalue weighted by molar-refractivity contribution is 1.06. The lowest BCUT2D eigenvalue weighted by Gasteiger charge is -2.04. The van der Waals surface area contributed by atoms with Gasteiger partial charge in [-0.05, 0) is 111 Å². The maximum Gasteiger partial charge on any atom is 0.223 e. The molecule has 6 aliphatic rings. The summed E-state index contributed by atoms with van der Waals surface area (Å²) in [5, 5.41) is 20.9.